The molecule has 38 heavy (non-hydrogen) atoms. The number of carbonyl (C=O) groups excluding carboxylic acids is 3. The van der Waals surface area contributed by atoms with Crippen molar-refractivity contribution in [2.75, 3.05) is 37.0 Å². The summed E-state index contributed by atoms with van der Waals surface area (Å²) < 4.78 is 5.46. The maximum absolute atomic E-state index is 13.2. The first-order chi connectivity index (χ1) is 18.2. The van der Waals surface area contributed by atoms with Crippen molar-refractivity contribution in [3.05, 3.63) is 76.3 Å². The highest BCUT2D eigenvalue weighted by Gasteiger charge is 2.30. The van der Waals surface area contributed by atoms with Gasteiger partial charge >= 0.3 is 6.03 Å². The summed E-state index contributed by atoms with van der Waals surface area (Å²) in [6.07, 6.45) is 0. The van der Waals surface area contributed by atoms with E-state index in [1.807, 2.05) is 62.4 Å². The van der Waals surface area contributed by atoms with Crippen LogP contribution in [0.15, 0.2) is 60.7 Å². The zero-order valence-corrected chi connectivity index (χ0v) is 22.8. The molecule has 0 unspecified atom stereocenters. The predicted octanol–water partition coefficient (Wildman–Crippen LogP) is 5.75. The summed E-state index contributed by atoms with van der Waals surface area (Å²) >= 11 is 12.2. The SMILES string of the molecule is CCNC(=O)Nc1ccc(-c2ccc([C@@H](C)N(C)C(=O)CN3C(=O)COc4cc(Cl)c(Cl)cc43)cc2)cc1. The van der Waals surface area contributed by atoms with Crippen LogP contribution in [0.2, 0.25) is 10.0 Å². The zero-order chi connectivity index (χ0) is 27.4. The lowest BCUT2D eigenvalue weighted by molar-refractivity contribution is -0.132. The molecule has 4 amide bonds. The van der Waals surface area contributed by atoms with E-state index in [-0.39, 0.29) is 42.1 Å². The molecule has 0 saturated carbocycles. The number of nitrogens with one attached hydrogen (secondary N) is 2. The first-order valence-electron chi connectivity index (χ1n) is 12.1. The molecule has 0 radical (unpaired) electrons. The van der Waals surface area contributed by atoms with E-state index in [1.54, 1.807) is 18.0 Å². The average Bonchev–Trinajstić information content (AvgIpc) is 2.91. The van der Waals surface area contributed by atoms with Gasteiger partial charge in [-0.15, -0.1) is 0 Å². The first kappa shape index (κ1) is 27.3. The second-order valence-corrected chi connectivity index (χ2v) is 9.68. The minimum absolute atomic E-state index is 0.150. The largest absolute Gasteiger partial charge is 0.482 e. The van der Waals surface area contributed by atoms with E-state index in [0.29, 0.717) is 28.7 Å². The maximum atomic E-state index is 13.2. The molecule has 0 spiro atoms. The third kappa shape index (κ3) is 6.03. The van der Waals surface area contributed by atoms with Crippen LogP contribution < -0.4 is 20.3 Å². The third-order valence-corrected chi connectivity index (χ3v) is 7.14. The normalized spacial score (nSPS) is 13.3. The summed E-state index contributed by atoms with van der Waals surface area (Å²) in [7, 11) is 1.71. The van der Waals surface area contributed by atoms with E-state index >= 15 is 0 Å². The van der Waals surface area contributed by atoms with Crippen LogP contribution in [0, 0.1) is 0 Å². The molecule has 1 heterocycles. The summed E-state index contributed by atoms with van der Waals surface area (Å²) in [4.78, 5) is 40.4. The van der Waals surface area contributed by atoms with E-state index < -0.39 is 0 Å². The van der Waals surface area contributed by atoms with Gasteiger partial charge in [0, 0.05) is 25.3 Å². The lowest BCUT2D eigenvalue weighted by Crippen LogP contribution is -2.46. The Labute approximate surface area is 231 Å². The standard InChI is InChI=1S/C28H28Cl2N4O4/c1-4-31-28(37)32-21-11-9-20(10-12-21)19-7-5-18(6-8-19)17(2)33(3)26(35)15-34-24-13-22(29)23(30)14-25(24)38-16-27(34)36/h5-14,17H,4,15-16H2,1-3H3,(H2,31,32,37)/t17-/m1/s1. The Bertz CT molecular complexity index is 1350. The molecule has 8 nitrogen and oxygen atoms in total. The second kappa shape index (κ2) is 11.8. The summed E-state index contributed by atoms with van der Waals surface area (Å²) in [5.41, 5.74) is 4.07. The van der Waals surface area contributed by atoms with Crippen molar-refractivity contribution < 1.29 is 19.1 Å². The van der Waals surface area contributed by atoms with Crippen molar-refractivity contribution in [3.8, 4) is 16.9 Å². The number of amides is 4. The zero-order valence-electron chi connectivity index (χ0n) is 21.3. The number of hydrogen-bond acceptors (Lipinski definition) is 4. The summed E-state index contributed by atoms with van der Waals surface area (Å²) in [5, 5.41) is 6.06. The molecule has 1 aliphatic rings. The number of anilines is 2. The third-order valence-electron chi connectivity index (χ3n) is 6.42. The summed E-state index contributed by atoms with van der Waals surface area (Å²) in [5.74, 6) is -0.156. The van der Waals surface area contributed by atoms with Gasteiger partial charge in [0.25, 0.3) is 5.91 Å². The minimum atomic E-state index is -0.332. The lowest BCUT2D eigenvalue weighted by atomic mass is 10.0. The van der Waals surface area contributed by atoms with Crippen molar-refractivity contribution in [2.24, 2.45) is 0 Å². The Hall–Kier alpha value is -3.75. The summed E-state index contributed by atoms with van der Waals surface area (Å²) in [6, 6.07) is 18.1. The Morgan fingerprint density at radius 3 is 2.26 bits per heavy atom. The number of likely N-dealkylation sites (N-methyl/N-ethyl adjacent to an activating group) is 1. The van der Waals surface area contributed by atoms with E-state index in [0.717, 1.165) is 16.7 Å². The van der Waals surface area contributed by atoms with E-state index in [1.165, 1.54) is 11.0 Å². The van der Waals surface area contributed by atoms with Gasteiger partial charge in [0.2, 0.25) is 5.91 Å². The van der Waals surface area contributed by atoms with Crippen molar-refractivity contribution in [1.82, 2.24) is 10.2 Å². The molecule has 0 fully saturated rings. The van der Waals surface area contributed by atoms with Gasteiger partial charge in [-0.25, -0.2) is 4.79 Å². The molecule has 0 bridgehead atoms. The van der Waals surface area contributed by atoms with Crippen molar-refractivity contribution >= 4 is 52.4 Å². The lowest BCUT2D eigenvalue weighted by Gasteiger charge is -2.32. The Balaban J connectivity index is 1.42. The van der Waals surface area contributed by atoms with Crippen LogP contribution in [0.4, 0.5) is 16.2 Å². The predicted molar refractivity (Wildman–Crippen MR) is 150 cm³/mol. The van der Waals surface area contributed by atoms with Gasteiger partial charge in [0.1, 0.15) is 12.3 Å². The number of fused-ring (bicyclic) bond motifs is 1. The number of nitrogens with zero attached hydrogens (tertiary/aromatic N) is 2. The molecule has 1 aliphatic heterocycles. The van der Waals surface area contributed by atoms with Crippen LogP contribution in [0.1, 0.15) is 25.5 Å². The van der Waals surface area contributed by atoms with Crippen LogP contribution in [0.3, 0.4) is 0 Å². The van der Waals surface area contributed by atoms with Crippen molar-refractivity contribution in [1.29, 1.82) is 0 Å². The van der Waals surface area contributed by atoms with Crippen LogP contribution in [-0.4, -0.2) is 49.5 Å². The van der Waals surface area contributed by atoms with Gasteiger partial charge in [0.05, 0.1) is 21.8 Å². The van der Waals surface area contributed by atoms with Crippen LogP contribution in [0.25, 0.3) is 11.1 Å². The van der Waals surface area contributed by atoms with Gasteiger partial charge in [-0.05, 0) is 48.7 Å². The molecule has 0 saturated heterocycles. The minimum Gasteiger partial charge on any atom is -0.482 e. The molecular formula is C28H28Cl2N4O4. The van der Waals surface area contributed by atoms with Gasteiger partial charge in [-0.1, -0.05) is 59.6 Å². The number of benzene rings is 3. The molecule has 1 atom stereocenters. The number of ether oxygens (including phenoxy) is 1. The van der Waals surface area contributed by atoms with Gasteiger partial charge in [-0.3, -0.25) is 14.5 Å². The number of hydrogen-bond donors (Lipinski definition) is 2. The van der Waals surface area contributed by atoms with Gasteiger partial charge < -0.3 is 20.3 Å². The fraction of sp³-hybridized carbons (Fsp3) is 0.250. The average molecular weight is 555 g/mol. The number of rotatable bonds is 7. The molecule has 198 valence electrons. The van der Waals surface area contributed by atoms with Crippen LogP contribution in [-0.2, 0) is 9.59 Å². The fourth-order valence-electron chi connectivity index (χ4n) is 4.09. The summed E-state index contributed by atoms with van der Waals surface area (Å²) in [6.45, 7) is 4.02. The van der Waals surface area contributed by atoms with Gasteiger partial charge in [-0.2, -0.15) is 0 Å². The smallest absolute Gasteiger partial charge is 0.319 e. The quantitative estimate of drug-likeness (QED) is 0.389. The van der Waals surface area contributed by atoms with Crippen molar-refractivity contribution in [3.63, 3.8) is 0 Å². The Morgan fingerprint density at radius 1 is 1.03 bits per heavy atom. The number of halogens is 2. The van der Waals surface area contributed by atoms with E-state index in [9.17, 15) is 14.4 Å². The molecule has 3 aromatic rings. The monoisotopic (exact) mass is 554 g/mol. The topological polar surface area (TPSA) is 91.0 Å². The molecule has 3 aromatic carbocycles. The Kier molecular flexibility index (Phi) is 8.44. The van der Waals surface area contributed by atoms with Crippen LogP contribution in [0.5, 0.6) is 5.75 Å². The molecular weight excluding hydrogens is 527 g/mol. The second-order valence-electron chi connectivity index (χ2n) is 8.87. The highest BCUT2D eigenvalue weighted by molar-refractivity contribution is 6.42. The highest BCUT2D eigenvalue weighted by atomic mass is 35.5. The van der Waals surface area contributed by atoms with E-state index in [2.05, 4.69) is 10.6 Å². The van der Waals surface area contributed by atoms with Crippen LogP contribution >= 0.6 is 23.2 Å². The molecule has 2 N–H and O–H groups in total. The number of urea groups is 1. The maximum Gasteiger partial charge on any atom is 0.319 e. The fourth-order valence-corrected chi connectivity index (χ4v) is 4.40. The van der Waals surface area contributed by atoms with Gasteiger partial charge in [0.15, 0.2) is 6.61 Å². The first-order valence-corrected chi connectivity index (χ1v) is 12.9. The molecule has 0 aliphatic carbocycles. The van der Waals surface area contributed by atoms with E-state index in [4.69, 9.17) is 27.9 Å². The molecule has 4 rings (SSSR count). The Morgan fingerprint density at radius 2 is 1.63 bits per heavy atom. The number of carbonyl (C=O) groups is 3. The molecule has 0 aromatic heterocycles. The molecule has 10 heteroatoms. The highest BCUT2D eigenvalue weighted by Crippen LogP contribution is 2.39. The van der Waals surface area contributed by atoms with Crippen molar-refractivity contribution in [2.45, 2.75) is 19.9 Å².